The van der Waals surface area contributed by atoms with Gasteiger partial charge in [0.1, 0.15) is 11.3 Å². The van der Waals surface area contributed by atoms with Gasteiger partial charge in [0.05, 0.1) is 19.8 Å². The van der Waals surface area contributed by atoms with Crippen molar-refractivity contribution in [2.45, 2.75) is 47.7 Å². The van der Waals surface area contributed by atoms with E-state index < -0.39 is 0 Å². The lowest BCUT2D eigenvalue weighted by Crippen LogP contribution is -2.35. The number of benzene rings is 5. The number of hydrogen-bond acceptors (Lipinski definition) is 8. The zero-order valence-electron chi connectivity index (χ0n) is 37.6. The Morgan fingerprint density at radius 2 is 1.36 bits per heavy atom. The highest BCUT2D eigenvalue weighted by atomic mass is 16.5. The number of aliphatic hydroxyl groups is 1. The Hall–Kier alpha value is -6.42. The first-order valence-corrected chi connectivity index (χ1v) is 22.2. The molecule has 0 amide bonds. The summed E-state index contributed by atoms with van der Waals surface area (Å²) in [6.07, 6.45) is 5.83. The summed E-state index contributed by atoms with van der Waals surface area (Å²) in [6, 6.07) is 42.4. The Labute approximate surface area is 376 Å². The minimum atomic E-state index is -0.360. The maximum absolute atomic E-state index is 12.3. The van der Waals surface area contributed by atoms with E-state index in [4.69, 9.17) is 13.6 Å². The molecule has 0 bridgehead atoms. The smallest absolute Gasteiger partial charge is 0.336 e. The Bertz CT molecular complexity index is 2820. The molecule has 8 nitrogen and oxygen atoms in total. The van der Waals surface area contributed by atoms with Crippen LogP contribution in [-0.2, 0) is 17.8 Å². The Morgan fingerprint density at radius 3 is 1.98 bits per heavy atom. The highest BCUT2D eigenvalue weighted by Gasteiger charge is 2.18. The van der Waals surface area contributed by atoms with Gasteiger partial charge in [-0.3, -0.25) is 9.80 Å². The third-order valence-electron chi connectivity index (χ3n) is 11.7. The van der Waals surface area contributed by atoms with Crippen LogP contribution < -0.4 is 11.3 Å². The summed E-state index contributed by atoms with van der Waals surface area (Å²) in [5, 5.41) is 10.2. The molecule has 1 aliphatic heterocycles. The van der Waals surface area contributed by atoms with E-state index in [1.165, 1.54) is 22.3 Å². The molecule has 64 heavy (non-hydrogen) atoms. The number of hydrogen-bond donors (Lipinski definition) is 1. The second-order valence-corrected chi connectivity index (χ2v) is 16.2. The van der Waals surface area contributed by atoms with Crippen LogP contribution in [0.3, 0.4) is 0 Å². The van der Waals surface area contributed by atoms with Crippen molar-refractivity contribution in [2.24, 2.45) is 0 Å². The van der Waals surface area contributed by atoms with E-state index in [0.29, 0.717) is 17.9 Å². The molecular formula is C56H58N2O6. The molecule has 0 unspecified atom stereocenters. The molecule has 0 atom stereocenters. The first-order chi connectivity index (χ1) is 31.1. The normalized spacial score (nSPS) is 13.4. The van der Waals surface area contributed by atoms with E-state index >= 15 is 0 Å². The van der Waals surface area contributed by atoms with Crippen LogP contribution >= 0.6 is 0 Å². The van der Waals surface area contributed by atoms with Crippen molar-refractivity contribution < 1.29 is 18.7 Å². The van der Waals surface area contributed by atoms with E-state index in [-0.39, 0.29) is 17.9 Å². The number of aliphatic hydroxyl groups excluding tert-OH is 1. The van der Waals surface area contributed by atoms with Gasteiger partial charge in [-0.2, -0.15) is 0 Å². The predicted molar refractivity (Wildman–Crippen MR) is 262 cm³/mol. The van der Waals surface area contributed by atoms with Crippen LogP contribution in [0.15, 0.2) is 152 Å². The van der Waals surface area contributed by atoms with Crippen molar-refractivity contribution in [1.82, 2.24) is 9.80 Å². The Morgan fingerprint density at radius 1 is 0.750 bits per heavy atom. The van der Waals surface area contributed by atoms with E-state index in [2.05, 4.69) is 85.2 Å². The first-order valence-electron chi connectivity index (χ1n) is 22.2. The summed E-state index contributed by atoms with van der Waals surface area (Å²) >= 11 is 0. The third kappa shape index (κ3) is 11.2. The zero-order chi connectivity index (χ0) is 45.0. The van der Waals surface area contributed by atoms with Crippen LogP contribution in [0.2, 0.25) is 0 Å². The van der Waals surface area contributed by atoms with E-state index in [9.17, 15) is 14.7 Å². The fourth-order valence-electron chi connectivity index (χ4n) is 8.60. The molecule has 0 saturated carbocycles. The van der Waals surface area contributed by atoms with Gasteiger partial charge in [-0.05, 0) is 102 Å². The lowest BCUT2D eigenvalue weighted by molar-refractivity contribution is 0.0342. The maximum atomic E-state index is 12.3. The molecule has 328 valence electrons. The number of allylic oxidation sites excluding steroid dienone is 2. The molecule has 5 aromatic carbocycles. The molecule has 3 heterocycles. The number of rotatable bonds is 13. The minimum absolute atomic E-state index is 0.166. The van der Waals surface area contributed by atoms with Gasteiger partial charge in [0, 0.05) is 66.9 Å². The molecular weight excluding hydrogens is 797 g/mol. The van der Waals surface area contributed by atoms with Crippen molar-refractivity contribution in [1.29, 1.82) is 0 Å². The number of morpholine rings is 1. The van der Waals surface area contributed by atoms with Crippen molar-refractivity contribution in [3.05, 3.63) is 193 Å². The standard InChI is InChI=1S/C28H27NO3.C28H31NO3/c1-19-16-25-28(24(17-26(30)32-25)22-6-4-3-5-7-22)20(2)27(19)23-10-8-21(9-11-23)18-29-12-14-31-15-13-29;1-4-9-26-28(25(19-27(31)32-26)24-10-7-6-8-11-24)21(3)18-22-12-14-23(15-13-22)20-29(5-2)16-17-30/h3-11,16-17H,12-15,18H2,1-2H3;4,6-15,18-19,30H,5,16-17,20H2,1-3H3/b;9-4+,21-18+. The highest BCUT2D eigenvalue weighted by molar-refractivity contribution is 6.00. The van der Waals surface area contributed by atoms with Gasteiger partial charge in [0.2, 0.25) is 0 Å². The van der Waals surface area contributed by atoms with Crippen molar-refractivity contribution in [2.75, 3.05) is 46.0 Å². The van der Waals surface area contributed by atoms with Crippen LogP contribution in [0.5, 0.6) is 0 Å². The topological polar surface area (TPSA) is 96.4 Å². The second kappa shape index (κ2) is 21.8. The van der Waals surface area contributed by atoms with Crippen molar-refractivity contribution in [3.8, 4) is 33.4 Å². The van der Waals surface area contributed by atoms with Gasteiger partial charge in [-0.25, -0.2) is 9.59 Å². The molecule has 2 aromatic heterocycles. The molecule has 8 heteroatoms. The average molecular weight is 855 g/mol. The summed E-state index contributed by atoms with van der Waals surface area (Å²) in [4.78, 5) is 29.2. The lowest BCUT2D eigenvalue weighted by Gasteiger charge is -2.26. The monoisotopic (exact) mass is 854 g/mol. The van der Waals surface area contributed by atoms with E-state index in [1.54, 1.807) is 12.1 Å². The van der Waals surface area contributed by atoms with Gasteiger partial charge >= 0.3 is 11.3 Å². The Balaban J connectivity index is 0.000000191. The third-order valence-corrected chi connectivity index (χ3v) is 11.7. The summed E-state index contributed by atoms with van der Waals surface area (Å²) < 4.78 is 16.6. The van der Waals surface area contributed by atoms with Crippen LogP contribution in [0.25, 0.3) is 62.1 Å². The molecule has 0 radical (unpaired) electrons. The van der Waals surface area contributed by atoms with Crippen LogP contribution in [0.1, 0.15) is 59.9 Å². The maximum Gasteiger partial charge on any atom is 0.336 e. The van der Waals surface area contributed by atoms with Gasteiger partial charge in [0.15, 0.2) is 0 Å². The molecule has 0 spiro atoms. The molecule has 1 saturated heterocycles. The van der Waals surface area contributed by atoms with Gasteiger partial charge in [-0.15, -0.1) is 0 Å². The quantitative estimate of drug-likeness (QED) is 0.115. The van der Waals surface area contributed by atoms with Crippen LogP contribution in [-0.4, -0.2) is 60.9 Å². The zero-order valence-corrected chi connectivity index (χ0v) is 37.6. The van der Waals surface area contributed by atoms with Crippen LogP contribution in [0.4, 0.5) is 0 Å². The van der Waals surface area contributed by atoms with E-state index in [1.807, 2.05) is 92.7 Å². The SMILES string of the molecule is C/C=C/c1oc(=O)cc(-c2ccccc2)c1/C(C)=C/c1ccc(CN(CC)CCO)cc1.Cc1cc2oc(=O)cc(-c3ccccc3)c2c(C)c1-c1ccc(CN2CCOCC2)cc1. The first kappa shape index (κ1) is 45.6. The molecule has 1 fully saturated rings. The number of ether oxygens (including phenoxy) is 1. The van der Waals surface area contributed by atoms with Crippen molar-refractivity contribution in [3.63, 3.8) is 0 Å². The number of likely N-dealkylation sites (N-methyl/N-ethyl adjacent to an activating group) is 1. The lowest BCUT2D eigenvalue weighted by atomic mass is 9.89. The summed E-state index contributed by atoms with van der Waals surface area (Å²) in [6.45, 7) is 17.4. The Kier molecular flexibility index (Phi) is 15.5. The minimum Gasteiger partial charge on any atom is -0.423 e. The fraction of sp³-hybridized carbons (Fsp3) is 0.250. The summed E-state index contributed by atoms with van der Waals surface area (Å²) in [7, 11) is 0. The molecule has 1 N–H and O–H groups in total. The van der Waals surface area contributed by atoms with Gasteiger partial charge < -0.3 is 18.7 Å². The number of fused-ring (bicyclic) bond motifs is 1. The molecule has 1 aliphatic rings. The molecule has 7 aromatic rings. The molecule has 8 rings (SSSR count). The van der Waals surface area contributed by atoms with Crippen LogP contribution in [0, 0.1) is 13.8 Å². The molecule has 0 aliphatic carbocycles. The predicted octanol–water partition coefficient (Wildman–Crippen LogP) is 11.3. The van der Waals surface area contributed by atoms with E-state index in [0.717, 1.165) is 101 Å². The second-order valence-electron chi connectivity index (χ2n) is 16.2. The summed E-state index contributed by atoms with van der Waals surface area (Å²) in [5.41, 5.74) is 13.9. The van der Waals surface area contributed by atoms with Gasteiger partial charge in [0.25, 0.3) is 0 Å². The average Bonchev–Trinajstić information content (AvgIpc) is 3.30. The summed E-state index contributed by atoms with van der Waals surface area (Å²) in [5.74, 6) is 0.562. The largest absolute Gasteiger partial charge is 0.423 e. The highest BCUT2D eigenvalue weighted by Crippen LogP contribution is 2.38. The fourth-order valence-corrected chi connectivity index (χ4v) is 8.60. The number of aryl methyl sites for hydroxylation is 2. The van der Waals surface area contributed by atoms with Crippen molar-refractivity contribution >= 4 is 28.7 Å². The number of nitrogens with zero attached hydrogens (tertiary/aromatic N) is 2. The van der Waals surface area contributed by atoms with Gasteiger partial charge in [-0.1, -0.05) is 128 Å².